The Labute approximate surface area is 551 Å². The summed E-state index contributed by atoms with van der Waals surface area (Å²) in [6, 6.07) is 51.6. The number of esters is 2. The van der Waals surface area contributed by atoms with Gasteiger partial charge in [0.1, 0.15) is 13.2 Å². The number of aliphatic carboxylic acids is 2. The molecule has 94 heavy (non-hydrogen) atoms. The Morgan fingerprint density at radius 2 is 0.681 bits per heavy atom. The Morgan fingerprint density at radius 1 is 0.415 bits per heavy atom. The van der Waals surface area contributed by atoms with Crippen molar-refractivity contribution < 1.29 is 58.0 Å². The summed E-state index contributed by atoms with van der Waals surface area (Å²) < 4.78 is 10.7. The predicted molar refractivity (Wildman–Crippen MR) is 374 cm³/mol. The van der Waals surface area contributed by atoms with E-state index in [1.54, 1.807) is 75.4 Å². The molecule has 0 amide bonds. The zero-order valence-electron chi connectivity index (χ0n) is 53.4. The number of hydrogen-bond acceptors (Lipinski definition) is 14. The van der Waals surface area contributed by atoms with Gasteiger partial charge in [-0.2, -0.15) is 0 Å². The lowest BCUT2D eigenvalue weighted by molar-refractivity contribution is -0.155. The minimum absolute atomic E-state index is 0. The molecule has 0 aliphatic heterocycles. The van der Waals surface area contributed by atoms with Gasteiger partial charge < -0.3 is 41.0 Å². The molecule has 16 heteroatoms. The molecule has 0 fully saturated rings. The van der Waals surface area contributed by atoms with Crippen LogP contribution in [0.1, 0.15) is 169 Å². The van der Waals surface area contributed by atoms with Crippen molar-refractivity contribution in [1.82, 2.24) is 0 Å². The van der Waals surface area contributed by atoms with Gasteiger partial charge in [0.25, 0.3) is 0 Å². The van der Waals surface area contributed by atoms with E-state index in [0.717, 1.165) is 45.0 Å². The van der Waals surface area contributed by atoms with Crippen molar-refractivity contribution in [3.8, 4) is 0 Å². The lowest BCUT2D eigenvalue weighted by Gasteiger charge is -2.24. The number of rotatable bonds is 18. The molecule has 2 aliphatic rings. The highest BCUT2D eigenvalue weighted by atomic mass is 16.5. The van der Waals surface area contributed by atoms with Crippen molar-refractivity contribution in [2.75, 3.05) is 21.3 Å². The molecule has 0 heterocycles. The minimum atomic E-state index is -0.935. The molecule has 16 nitrogen and oxygen atoms in total. The summed E-state index contributed by atoms with van der Waals surface area (Å²) in [5.74, 6) is -3.15. The molecule has 8 aromatic carbocycles. The fraction of sp³-hybridized carbons (Fsp3) is 0.231. The number of ether oxygens (including phenoxy) is 2. The van der Waals surface area contributed by atoms with Crippen LogP contribution in [0.25, 0.3) is 0 Å². The number of ketones is 4. The number of aryl methyl sites for hydroxylation is 2. The van der Waals surface area contributed by atoms with Crippen molar-refractivity contribution >= 4 is 92.5 Å². The molecule has 488 valence electrons. The standard InChI is InChI=1S/C34H32N2O4.C32H26N2O4.C6H12O2.C4H6O2.2CH4/c1-5-34(3,4)33(39)40-20-22-12-16-24(17-13-22)36-28-19-18-27(35-23-14-10-21(2)11-15-23)29-30(28)32(38)26-9-7-6-8-25(26)31(29)37;1-19(2)32(37)38-18-21-10-14-23(15-11-21)34-27-17-16-26(33-22-12-8-20(3)9-13-22)28-29(27)31(36)25-7-5-4-6-24(25)30(28)35;1-4-6(2,3)5(7)8;1-3(2)4(5)6;;/h6-19,35-36H,5,20H2,1-4H3;4-17,33-34H,1,18H2,2-3H3;4H2,1-3H3,(H,7,8);1H2,2H3,(H,5,6);2*1H4. The highest BCUT2D eigenvalue weighted by Gasteiger charge is 2.36. The van der Waals surface area contributed by atoms with E-state index in [1.807, 2.05) is 157 Å². The van der Waals surface area contributed by atoms with Crippen LogP contribution in [0.2, 0.25) is 0 Å². The normalized spacial score (nSPS) is 11.5. The summed E-state index contributed by atoms with van der Waals surface area (Å²) in [5, 5.41) is 29.6. The average Bonchev–Trinajstić information content (AvgIpc) is 0.749. The quantitative estimate of drug-likeness (QED) is 0.0345. The van der Waals surface area contributed by atoms with E-state index in [0.29, 0.717) is 85.7 Å². The number of benzene rings is 8. The van der Waals surface area contributed by atoms with E-state index in [4.69, 9.17) is 19.7 Å². The molecule has 0 radical (unpaired) electrons. The molecule has 0 aromatic heterocycles. The summed E-state index contributed by atoms with van der Waals surface area (Å²) in [7, 11) is 0. The van der Waals surface area contributed by atoms with Crippen molar-refractivity contribution in [2.24, 2.45) is 10.8 Å². The maximum Gasteiger partial charge on any atom is 0.333 e. The molecule has 8 aromatic rings. The Bertz CT molecular complexity index is 4130. The zero-order chi connectivity index (χ0) is 67.2. The Morgan fingerprint density at radius 3 is 0.915 bits per heavy atom. The third-order valence-corrected chi connectivity index (χ3v) is 15.6. The number of carbonyl (C=O) groups excluding carboxylic acids is 6. The number of carbonyl (C=O) groups is 8. The molecule has 0 unspecified atom stereocenters. The van der Waals surface area contributed by atoms with Gasteiger partial charge in [-0.05, 0) is 152 Å². The number of fused-ring (bicyclic) bond motifs is 4. The molecular weight excluding hydrogens is 1180 g/mol. The number of carboxylic acid groups (broad SMARTS) is 2. The number of anilines is 8. The fourth-order valence-corrected chi connectivity index (χ4v) is 9.04. The summed E-state index contributed by atoms with van der Waals surface area (Å²) in [4.78, 5) is 98.7. The van der Waals surface area contributed by atoms with Gasteiger partial charge in [0.15, 0.2) is 23.1 Å². The first-order chi connectivity index (χ1) is 43.6. The highest BCUT2D eigenvalue weighted by Crippen LogP contribution is 2.41. The van der Waals surface area contributed by atoms with Crippen LogP contribution in [-0.2, 0) is 41.9 Å². The smallest absolute Gasteiger partial charge is 0.333 e. The summed E-state index contributed by atoms with van der Waals surface area (Å²) >= 11 is 0. The lowest BCUT2D eigenvalue weighted by Crippen LogP contribution is -2.25. The Kier molecular flexibility index (Phi) is 25.4. The monoisotopic (exact) mass is 1270 g/mol. The van der Waals surface area contributed by atoms with Gasteiger partial charge in [-0.3, -0.25) is 28.8 Å². The van der Waals surface area contributed by atoms with E-state index in [1.165, 1.54) is 6.92 Å². The molecule has 0 spiro atoms. The van der Waals surface area contributed by atoms with Crippen LogP contribution in [0.4, 0.5) is 45.5 Å². The number of hydrogen-bond donors (Lipinski definition) is 6. The van der Waals surface area contributed by atoms with Gasteiger partial charge in [-0.15, -0.1) is 0 Å². The van der Waals surface area contributed by atoms with E-state index in [2.05, 4.69) is 34.4 Å². The van der Waals surface area contributed by atoms with Crippen LogP contribution < -0.4 is 21.3 Å². The largest absolute Gasteiger partial charge is 0.481 e. The molecule has 0 saturated heterocycles. The molecule has 6 N–H and O–H groups in total. The molecule has 0 bridgehead atoms. The van der Waals surface area contributed by atoms with Crippen LogP contribution in [0, 0.1) is 24.7 Å². The highest BCUT2D eigenvalue weighted by molar-refractivity contribution is 6.33. The summed E-state index contributed by atoms with van der Waals surface area (Å²) in [6.07, 6.45) is 1.38. The SMILES string of the molecule is C.C.C=C(C)C(=O)O.C=C(C)C(=O)OCc1ccc(Nc2ccc(Nc3ccc(C)cc3)c3c2C(=O)c2ccccc2C3=O)cc1.CCC(C)(C)C(=O)O.CCC(C)(C)C(=O)OCc1ccc(Nc2ccc(Nc3ccc(C)cc3)c3c2C(=O)c2ccccc2C3=O)cc1. The molecule has 2 aliphatic carbocycles. The van der Waals surface area contributed by atoms with Gasteiger partial charge in [-0.1, -0.05) is 150 Å². The second-order valence-electron chi connectivity index (χ2n) is 23.7. The van der Waals surface area contributed by atoms with Crippen LogP contribution in [0.5, 0.6) is 0 Å². The molecule has 0 saturated carbocycles. The van der Waals surface area contributed by atoms with Crippen LogP contribution in [0.15, 0.2) is 194 Å². The first-order valence-electron chi connectivity index (χ1n) is 29.9. The minimum Gasteiger partial charge on any atom is -0.481 e. The lowest BCUT2D eigenvalue weighted by atomic mass is 9.82. The third-order valence-electron chi connectivity index (χ3n) is 15.6. The van der Waals surface area contributed by atoms with Crippen molar-refractivity contribution in [1.29, 1.82) is 0 Å². The van der Waals surface area contributed by atoms with Crippen molar-refractivity contribution in [3.63, 3.8) is 0 Å². The third kappa shape index (κ3) is 18.2. The second-order valence-corrected chi connectivity index (χ2v) is 23.7. The van der Waals surface area contributed by atoms with Gasteiger partial charge in [-0.25, -0.2) is 9.59 Å². The van der Waals surface area contributed by atoms with E-state index in [-0.39, 0.29) is 62.7 Å². The topological polar surface area (TPSA) is 244 Å². The molecule has 0 atom stereocenters. The van der Waals surface area contributed by atoms with Crippen molar-refractivity contribution in [2.45, 2.75) is 110 Å². The summed E-state index contributed by atoms with van der Waals surface area (Å²) in [5.41, 5.74) is 11.6. The zero-order valence-corrected chi connectivity index (χ0v) is 53.4. The maximum absolute atomic E-state index is 13.8. The van der Waals surface area contributed by atoms with E-state index < -0.39 is 28.7 Å². The Balaban J connectivity index is 0.000000278. The number of carboxylic acids is 2. The Hall–Kier alpha value is -11.0. The fourth-order valence-electron chi connectivity index (χ4n) is 9.04. The van der Waals surface area contributed by atoms with Crippen molar-refractivity contribution in [3.05, 3.63) is 261 Å². The number of nitrogens with one attached hydrogen (secondary N) is 4. The van der Waals surface area contributed by atoms with Crippen LogP contribution >= 0.6 is 0 Å². The second kappa shape index (κ2) is 32.3. The predicted octanol–water partition coefficient (Wildman–Crippen LogP) is 18.0. The molecule has 10 rings (SSSR count). The first kappa shape index (κ1) is 73.7. The van der Waals surface area contributed by atoms with Gasteiger partial charge in [0.2, 0.25) is 0 Å². The maximum atomic E-state index is 13.8. The first-order valence-corrected chi connectivity index (χ1v) is 29.9. The van der Waals surface area contributed by atoms with Crippen LogP contribution in [0.3, 0.4) is 0 Å². The van der Waals surface area contributed by atoms with Gasteiger partial charge in [0.05, 0.1) is 55.8 Å². The van der Waals surface area contributed by atoms with Gasteiger partial charge >= 0.3 is 23.9 Å². The van der Waals surface area contributed by atoms with E-state index >= 15 is 0 Å². The van der Waals surface area contributed by atoms with E-state index in [9.17, 15) is 38.4 Å². The van der Waals surface area contributed by atoms with Gasteiger partial charge in [0, 0.05) is 56.1 Å². The molecular formula is C78H84N4O12. The summed E-state index contributed by atoms with van der Waals surface area (Å²) in [6.45, 7) is 25.1. The average molecular weight is 1270 g/mol. The van der Waals surface area contributed by atoms with Crippen LogP contribution in [-0.4, -0.2) is 57.2 Å².